The van der Waals surface area contributed by atoms with Gasteiger partial charge >= 0.3 is 0 Å². The van der Waals surface area contributed by atoms with E-state index in [0.717, 1.165) is 15.8 Å². The molecule has 0 aliphatic rings. The number of halogens is 3. The highest BCUT2D eigenvalue weighted by atomic mass is 79.9. The normalized spacial score (nSPS) is 12.2. The molecule has 0 saturated carbocycles. The summed E-state index contributed by atoms with van der Waals surface area (Å²) >= 11 is 15.5. The molecule has 2 nitrogen and oxygen atoms in total. The predicted octanol–water partition coefficient (Wildman–Crippen LogP) is 5.30. The molecule has 1 atom stereocenters. The molecule has 0 amide bonds. The Hall–Kier alpha value is -0.740. The second-order valence-electron chi connectivity index (χ2n) is 4.61. The van der Waals surface area contributed by atoms with Gasteiger partial charge in [-0.1, -0.05) is 41.4 Å². The standard InChI is InChI=1S/C16H15BrCl2O2/c17-14-3-1-2-4-16(14)21-8-7-11(10-20)13-6-5-12(18)9-15(13)19/h1-6,9,11,20H,7-8,10H2/t11-/m0/s1. The highest BCUT2D eigenvalue weighted by Gasteiger charge is 2.14. The first-order valence-electron chi connectivity index (χ1n) is 6.55. The van der Waals surface area contributed by atoms with E-state index in [1.54, 1.807) is 12.1 Å². The number of hydrogen-bond donors (Lipinski definition) is 1. The van der Waals surface area contributed by atoms with Crippen molar-refractivity contribution in [1.29, 1.82) is 0 Å². The SMILES string of the molecule is OC[C@H](CCOc1ccccc1Br)c1ccc(Cl)cc1Cl. The van der Waals surface area contributed by atoms with Gasteiger partial charge in [-0.3, -0.25) is 0 Å². The van der Waals surface area contributed by atoms with E-state index in [1.807, 2.05) is 30.3 Å². The first-order valence-corrected chi connectivity index (χ1v) is 8.10. The third kappa shape index (κ3) is 4.62. The molecule has 0 aliphatic carbocycles. The van der Waals surface area contributed by atoms with Crippen molar-refractivity contribution in [3.8, 4) is 5.75 Å². The number of aliphatic hydroxyl groups is 1. The largest absolute Gasteiger partial charge is 0.492 e. The monoisotopic (exact) mass is 388 g/mol. The Balaban J connectivity index is 1.98. The van der Waals surface area contributed by atoms with Crippen LogP contribution in [0, 0.1) is 0 Å². The van der Waals surface area contributed by atoms with Gasteiger partial charge in [-0.15, -0.1) is 0 Å². The van der Waals surface area contributed by atoms with Crippen LogP contribution in [0.4, 0.5) is 0 Å². The van der Waals surface area contributed by atoms with Crippen LogP contribution in [-0.4, -0.2) is 18.3 Å². The summed E-state index contributed by atoms with van der Waals surface area (Å²) in [6.07, 6.45) is 0.666. The fraction of sp³-hybridized carbons (Fsp3) is 0.250. The third-order valence-corrected chi connectivity index (χ3v) is 4.40. The fourth-order valence-corrected chi connectivity index (χ4v) is 3.01. The second kappa shape index (κ2) is 8.04. The molecule has 0 spiro atoms. The minimum atomic E-state index is -0.0720. The smallest absolute Gasteiger partial charge is 0.133 e. The average molecular weight is 390 g/mol. The Morgan fingerprint density at radius 2 is 1.90 bits per heavy atom. The lowest BCUT2D eigenvalue weighted by Gasteiger charge is -2.17. The van der Waals surface area contributed by atoms with E-state index in [1.165, 1.54) is 0 Å². The molecule has 2 aromatic carbocycles. The van der Waals surface area contributed by atoms with Gasteiger partial charge < -0.3 is 9.84 Å². The molecular weight excluding hydrogens is 375 g/mol. The van der Waals surface area contributed by atoms with Crippen molar-refractivity contribution >= 4 is 39.1 Å². The van der Waals surface area contributed by atoms with E-state index < -0.39 is 0 Å². The summed E-state index contributed by atoms with van der Waals surface area (Å²) in [5.41, 5.74) is 0.888. The third-order valence-electron chi connectivity index (χ3n) is 3.18. The first-order chi connectivity index (χ1) is 10.1. The number of para-hydroxylation sites is 1. The van der Waals surface area contributed by atoms with Crippen molar-refractivity contribution < 1.29 is 9.84 Å². The average Bonchev–Trinajstić information content (AvgIpc) is 2.46. The second-order valence-corrected chi connectivity index (χ2v) is 6.31. The van der Waals surface area contributed by atoms with E-state index in [-0.39, 0.29) is 12.5 Å². The van der Waals surface area contributed by atoms with E-state index >= 15 is 0 Å². The zero-order valence-electron chi connectivity index (χ0n) is 11.2. The predicted molar refractivity (Wildman–Crippen MR) is 90.5 cm³/mol. The van der Waals surface area contributed by atoms with Crippen LogP contribution in [0.5, 0.6) is 5.75 Å². The Morgan fingerprint density at radius 3 is 2.57 bits per heavy atom. The first kappa shape index (κ1) is 16.6. The molecule has 0 radical (unpaired) electrons. The molecule has 0 bridgehead atoms. The molecule has 0 aromatic heterocycles. The Morgan fingerprint density at radius 1 is 1.14 bits per heavy atom. The van der Waals surface area contributed by atoms with Gasteiger partial charge in [0.1, 0.15) is 5.75 Å². The highest BCUT2D eigenvalue weighted by Crippen LogP contribution is 2.30. The van der Waals surface area contributed by atoms with Gasteiger partial charge in [0.25, 0.3) is 0 Å². The summed E-state index contributed by atoms with van der Waals surface area (Å²) in [6, 6.07) is 13.0. The molecule has 112 valence electrons. The molecule has 21 heavy (non-hydrogen) atoms. The lowest BCUT2D eigenvalue weighted by atomic mass is 9.97. The quantitative estimate of drug-likeness (QED) is 0.726. The summed E-state index contributed by atoms with van der Waals surface area (Å²) < 4.78 is 6.64. The van der Waals surface area contributed by atoms with Crippen LogP contribution < -0.4 is 4.74 Å². The van der Waals surface area contributed by atoms with E-state index in [2.05, 4.69) is 15.9 Å². The molecule has 5 heteroatoms. The number of ether oxygens (including phenoxy) is 1. The Bertz CT molecular complexity index is 605. The summed E-state index contributed by atoms with van der Waals surface area (Å²) in [6.45, 7) is 0.507. The van der Waals surface area contributed by atoms with Crippen LogP contribution in [0.3, 0.4) is 0 Å². The maximum absolute atomic E-state index is 9.57. The summed E-state index contributed by atoms with van der Waals surface area (Å²) in [4.78, 5) is 0. The van der Waals surface area contributed by atoms with Crippen molar-refractivity contribution in [1.82, 2.24) is 0 Å². The molecule has 0 saturated heterocycles. The molecule has 0 unspecified atom stereocenters. The van der Waals surface area contributed by atoms with Crippen molar-refractivity contribution in [3.05, 3.63) is 62.5 Å². The van der Waals surface area contributed by atoms with Crippen LogP contribution >= 0.6 is 39.1 Å². The number of rotatable bonds is 6. The lowest BCUT2D eigenvalue weighted by molar-refractivity contribution is 0.229. The van der Waals surface area contributed by atoms with Crippen LogP contribution in [0.1, 0.15) is 17.9 Å². The molecule has 2 aromatic rings. The van der Waals surface area contributed by atoms with Gasteiger partial charge in [0.2, 0.25) is 0 Å². The van der Waals surface area contributed by atoms with Crippen molar-refractivity contribution in [2.45, 2.75) is 12.3 Å². The maximum Gasteiger partial charge on any atom is 0.133 e. The lowest BCUT2D eigenvalue weighted by Crippen LogP contribution is -2.10. The summed E-state index contributed by atoms with van der Waals surface area (Å²) in [5.74, 6) is 0.716. The van der Waals surface area contributed by atoms with E-state index in [4.69, 9.17) is 27.9 Å². The molecule has 0 heterocycles. The van der Waals surface area contributed by atoms with E-state index in [0.29, 0.717) is 23.1 Å². The summed E-state index contributed by atoms with van der Waals surface area (Å²) in [7, 11) is 0. The zero-order chi connectivity index (χ0) is 15.2. The van der Waals surface area contributed by atoms with Gasteiger partial charge in [-0.2, -0.15) is 0 Å². The molecule has 0 aliphatic heterocycles. The van der Waals surface area contributed by atoms with E-state index in [9.17, 15) is 5.11 Å². The fourth-order valence-electron chi connectivity index (χ4n) is 2.05. The summed E-state index contributed by atoms with van der Waals surface area (Å²) in [5, 5.41) is 10.7. The van der Waals surface area contributed by atoms with Crippen LogP contribution in [-0.2, 0) is 0 Å². The zero-order valence-corrected chi connectivity index (χ0v) is 14.3. The highest BCUT2D eigenvalue weighted by molar-refractivity contribution is 9.10. The van der Waals surface area contributed by atoms with Gasteiger partial charge in [-0.25, -0.2) is 0 Å². The molecule has 2 rings (SSSR count). The van der Waals surface area contributed by atoms with Gasteiger partial charge in [0.15, 0.2) is 0 Å². The van der Waals surface area contributed by atoms with Crippen LogP contribution in [0.15, 0.2) is 46.9 Å². The van der Waals surface area contributed by atoms with Crippen LogP contribution in [0.2, 0.25) is 10.0 Å². The Labute approximate surface area is 142 Å². The van der Waals surface area contributed by atoms with Crippen molar-refractivity contribution in [3.63, 3.8) is 0 Å². The number of aliphatic hydroxyl groups excluding tert-OH is 1. The Kier molecular flexibility index (Phi) is 6.37. The topological polar surface area (TPSA) is 29.5 Å². The van der Waals surface area contributed by atoms with Crippen molar-refractivity contribution in [2.24, 2.45) is 0 Å². The number of hydrogen-bond acceptors (Lipinski definition) is 2. The molecule has 1 N–H and O–H groups in total. The van der Waals surface area contributed by atoms with Gasteiger partial charge in [0, 0.05) is 16.0 Å². The van der Waals surface area contributed by atoms with Gasteiger partial charge in [-0.05, 0) is 52.2 Å². The maximum atomic E-state index is 9.57. The molecule has 0 fully saturated rings. The molecular formula is C16H15BrCl2O2. The number of benzene rings is 2. The minimum Gasteiger partial charge on any atom is -0.492 e. The van der Waals surface area contributed by atoms with Crippen molar-refractivity contribution in [2.75, 3.05) is 13.2 Å². The van der Waals surface area contributed by atoms with Crippen LogP contribution in [0.25, 0.3) is 0 Å². The van der Waals surface area contributed by atoms with Gasteiger partial charge in [0.05, 0.1) is 17.7 Å². The minimum absolute atomic E-state index is 0.0146.